The monoisotopic (exact) mass is 264 g/mol. The van der Waals surface area contributed by atoms with Gasteiger partial charge in [-0.1, -0.05) is 0 Å². The Hall–Kier alpha value is -1.93. The van der Waals surface area contributed by atoms with Gasteiger partial charge in [-0.05, 0) is 40.9 Å². The van der Waals surface area contributed by atoms with E-state index in [9.17, 15) is 8.78 Å². The van der Waals surface area contributed by atoms with Crippen molar-refractivity contribution in [2.45, 2.75) is 6.42 Å². The Labute approximate surface area is 107 Å². The molecule has 0 atom stereocenters. The summed E-state index contributed by atoms with van der Waals surface area (Å²) in [5.41, 5.74) is 0.958. The molecule has 0 saturated carbocycles. The standard InChI is InChI=1S/C13H10F2N2S/c14-12-10(7-16)1-2-11(13(12)15)17-5-3-9-4-6-18-8-9/h1-2,4,6,8,17H,3,5H2. The van der Waals surface area contributed by atoms with Crippen molar-refractivity contribution < 1.29 is 8.78 Å². The molecule has 1 aromatic carbocycles. The van der Waals surface area contributed by atoms with Crippen molar-refractivity contribution in [3.8, 4) is 6.07 Å². The zero-order valence-corrected chi connectivity index (χ0v) is 10.2. The lowest BCUT2D eigenvalue weighted by molar-refractivity contribution is 0.508. The summed E-state index contributed by atoms with van der Waals surface area (Å²) in [6, 6.07) is 6.24. The molecule has 2 rings (SSSR count). The Bertz CT molecular complexity index is 573. The summed E-state index contributed by atoms with van der Waals surface area (Å²) in [5.74, 6) is -2.10. The average molecular weight is 264 g/mol. The molecule has 0 unspecified atom stereocenters. The van der Waals surface area contributed by atoms with Gasteiger partial charge < -0.3 is 5.32 Å². The molecule has 2 nitrogen and oxygen atoms in total. The summed E-state index contributed by atoms with van der Waals surface area (Å²) < 4.78 is 26.9. The van der Waals surface area contributed by atoms with Crippen LogP contribution in [0.2, 0.25) is 0 Å². The fourth-order valence-electron chi connectivity index (χ4n) is 1.55. The van der Waals surface area contributed by atoms with Crippen molar-refractivity contribution in [3.05, 3.63) is 51.7 Å². The lowest BCUT2D eigenvalue weighted by Gasteiger charge is -2.07. The lowest BCUT2D eigenvalue weighted by Crippen LogP contribution is -2.07. The van der Waals surface area contributed by atoms with Gasteiger partial charge in [-0.2, -0.15) is 16.6 Å². The number of thiophene rings is 1. The smallest absolute Gasteiger partial charge is 0.183 e. The third-order valence-corrected chi connectivity index (χ3v) is 3.24. The van der Waals surface area contributed by atoms with Gasteiger partial charge in [0.05, 0.1) is 11.3 Å². The largest absolute Gasteiger partial charge is 0.382 e. The van der Waals surface area contributed by atoms with Gasteiger partial charge in [-0.25, -0.2) is 8.78 Å². The third kappa shape index (κ3) is 2.66. The van der Waals surface area contributed by atoms with Crippen LogP contribution in [0, 0.1) is 23.0 Å². The maximum absolute atomic E-state index is 13.5. The minimum atomic E-state index is -1.10. The second-order valence-electron chi connectivity index (χ2n) is 3.71. The summed E-state index contributed by atoms with van der Waals surface area (Å²) in [5, 5.41) is 15.4. The minimum absolute atomic E-state index is 0.0849. The van der Waals surface area contributed by atoms with Crippen LogP contribution in [-0.4, -0.2) is 6.54 Å². The van der Waals surface area contributed by atoms with Crippen LogP contribution in [0.25, 0.3) is 0 Å². The first-order chi connectivity index (χ1) is 8.72. The van der Waals surface area contributed by atoms with Gasteiger partial charge in [0.2, 0.25) is 0 Å². The van der Waals surface area contributed by atoms with E-state index in [0.717, 1.165) is 12.0 Å². The number of nitrogens with one attached hydrogen (secondary N) is 1. The number of hydrogen-bond donors (Lipinski definition) is 1. The molecule has 92 valence electrons. The van der Waals surface area contributed by atoms with Gasteiger partial charge in [0.25, 0.3) is 0 Å². The van der Waals surface area contributed by atoms with Gasteiger partial charge in [0.15, 0.2) is 11.6 Å². The van der Waals surface area contributed by atoms with Crippen LogP contribution in [0.1, 0.15) is 11.1 Å². The number of nitrogens with zero attached hydrogens (tertiary/aromatic N) is 1. The fourth-order valence-corrected chi connectivity index (χ4v) is 2.25. The highest BCUT2D eigenvalue weighted by atomic mass is 32.1. The van der Waals surface area contributed by atoms with Gasteiger partial charge in [-0.15, -0.1) is 0 Å². The van der Waals surface area contributed by atoms with E-state index in [0.29, 0.717) is 6.54 Å². The summed E-state index contributed by atoms with van der Waals surface area (Å²) in [7, 11) is 0. The Morgan fingerprint density at radius 1 is 1.22 bits per heavy atom. The van der Waals surface area contributed by atoms with E-state index >= 15 is 0 Å². The minimum Gasteiger partial charge on any atom is -0.382 e. The van der Waals surface area contributed by atoms with E-state index in [1.165, 1.54) is 12.1 Å². The Balaban J connectivity index is 2.02. The second-order valence-corrected chi connectivity index (χ2v) is 4.49. The van der Waals surface area contributed by atoms with Crippen LogP contribution in [-0.2, 0) is 6.42 Å². The normalized spacial score (nSPS) is 10.1. The number of hydrogen-bond acceptors (Lipinski definition) is 3. The molecule has 5 heteroatoms. The molecular weight excluding hydrogens is 254 g/mol. The topological polar surface area (TPSA) is 35.8 Å². The summed E-state index contributed by atoms with van der Waals surface area (Å²) in [6.45, 7) is 0.513. The molecule has 0 amide bonds. The van der Waals surface area contributed by atoms with Crippen molar-refractivity contribution in [2.24, 2.45) is 0 Å². The molecule has 2 aromatic rings. The van der Waals surface area contributed by atoms with Crippen LogP contribution < -0.4 is 5.32 Å². The SMILES string of the molecule is N#Cc1ccc(NCCc2ccsc2)c(F)c1F. The zero-order chi connectivity index (χ0) is 13.0. The van der Waals surface area contributed by atoms with E-state index in [2.05, 4.69) is 5.32 Å². The highest BCUT2D eigenvalue weighted by molar-refractivity contribution is 7.07. The van der Waals surface area contributed by atoms with Crippen molar-refractivity contribution in [3.63, 3.8) is 0 Å². The number of benzene rings is 1. The molecule has 1 N–H and O–H groups in total. The molecule has 0 fully saturated rings. The van der Waals surface area contributed by atoms with E-state index in [4.69, 9.17) is 5.26 Å². The highest BCUT2D eigenvalue weighted by Gasteiger charge is 2.12. The van der Waals surface area contributed by atoms with Crippen LogP contribution in [0.3, 0.4) is 0 Å². The molecule has 18 heavy (non-hydrogen) atoms. The zero-order valence-electron chi connectivity index (χ0n) is 9.41. The first-order valence-corrected chi connectivity index (χ1v) is 6.29. The Morgan fingerprint density at radius 2 is 2.06 bits per heavy atom. The predicted octanol–water partition coefficient (Wildman–Crippen LogP) is 3.55. The van der Waals surface area contributed by atoms with E-state index in [1.54, 1.807) is 17.4 Å². The number of halogens is 2. The lowest BCUT2D eigenvalue weighted by atomic mass is 10.2. The third-order valence-electron chi connectivity index (χ3n) is 2.51. The molecule has 0 bridgehead atoms. The molecule has 0 radical (unpaired) electrons. The second kappa shape index (κ2) is 5.61. The fraction of sp³-hybridized carbons (Fsp3) is 0.154. The molecular formula is C13H10F2N2S. The van der Waals surface area contributed by atoms with Crippen LogP contribution in [0.15, 0.2) is 29.0 Å². The van der Waals surface area contributed by atoms with Crippen LogP contribution in [0.4, 0.5) is 14.5 Å². The van der Waals surface area contributed by atoms with Crippen molar-refractivity contribution in [1.82, 2.24) is 0 Å². The van der Waals surface area contributed by atoms with Crippen molar-refractivity contribution in [1.29, 1.82) is 5.26 Å². The van der Waals surface area contributed by atoms with Crippen molar-refractivity contribution in [2.75, 3.05) is 11.9 Å². The Morgan fingerprint density at radius 3 is 2.72 bits per heavy atom. The van der Waals surface area contributed by atoms with Crippen LogP contribution in [0.5, 0.6) is 0 Å². The number of anilines is 1. The maximum Gasteiger partial charge on any atom is 0.183 e. The highest BCUT2D eigenvalue weighted by Crippen LogP contribution is 2.20. The van der Waals surface area contributed by atoms with Gasteiger partial charge in [-0.3, -0.25) is 0 Å². The molecule has 0 aliphatic heterocycles. The van der Waals surface area contributed by atoms with Gasteiger partial charge >= 0.3 is 0 Å². The molecule has 0 spiro atoms. The van der Waals surface area contributed by atoms with E-state index < -0.39 is 11.6 Å². The first kappa shape index (κ1) is 12.5. The van der Waals surface area contributed by atoms with Crippen LogP contribution >= 0.6 is 11.3 Å². The van der Waals surface area contributed by atoms with E-state index in [-0.39, 0.29) is 11.3 Å². The molecule has 0 saturated heterocycles. The average Bonchev–Trinajstić information content (AvgIpc) is 2.88. The maximum atomic E-state index is 13.5. The summed E-state index contributed by atoms with van der Waals surface area (Å²) >= 11 is 1.60. The van der Waals surface area contributed by atoms with Gasteiger partial charge in [0.1, 0.15) is 6.07 Å². The molecule has 1 heterocycles. The van der Waals surface area contributed by atoms with Crippen molar-refractivity contribution >= 4 is 17.0 Å². The molecule has 1 aromatic heterocycles. The first-order valence-electron chi connectivity index (χ1n) is 5.35. The number of nitriles is 1. The van der Waals surface area contributed by atoms with Gasteiger partial charge in [0, 0.05) is 6.54 Å². The van der Waals surface area contributed by atoms with E-state index in [1.807, 2.05) is 16.8 Å². The summed E-state index contributed by atoms with van der Waals surface area (Å²) in [6.07, 6.45) is 0.741. The molecule has 0 aliphatic rings. The Kier molecular flexibility index (Phi) is 3.90. The molecule has 0 aliphatic carbocycles. The predicted molar refractivity (Wildman–Crippen MR) is 67.6 cm³/mol. The summed E-state index contributed by atoms with van der Waals surface area (Å²) in [4.78, 5) is 0. The quantitative estimate of drug-likeness (QED) is 0.916. The number of rotatable bonds is 4.